The van der Waals surface area contributed by atoms with Crippen molar-refractivity contribution in [3.8, 4) is 5.75 Å². The molecule has 1 aliphatic carbocycles. The van der Waals surface area contributed by atoms with E-state index >= 15 is 0 Å². The minimum absolute atomic E-state index is 0.218. The topological polar surface area (TPSA) is 49.8 Å². The van der Waals surface area contributed by atoms with Gasteiger partial charge in [-0.15, -0.1) is 0 Å². The first kappa shape index (κ1) is 17.8. The summed E-state index contributed by atoms with van der Waals surface area (Å²) in [4.78, 5) is 13.4. The van der Waals surface area contributed by atoms with Gasteiger partial charge in [0.05, 0.1) is 5.92 Å². The number of hydrogen-bond acceptors (Lipinski definition) is 3. The van der Waals surface area contributed by atoms with E-state index in [-0.39, 0.29) is 11.8 Å². The lowest BCUT2D eigenvalue weighted by molar-refractivity contribution is -0.143. The van der Waals surface area contributed by atoms with Crippen LogP contribution in [-0.4, -0.2) is 43.2 Å². The summed E-state index contributed by atoms with van der Waals surface area (Å²) in [7, 11) is 4.07. The Hall–Kier alpha value is -1.55. The van der Waals surface area contributed by atoms with Crippen molar-refractivity contribution in [1.82, 2.24) is 4.90 Å². The van der Waals surface area contributed by atoms with Crippen LogP contribution in [0.1, 0.15) is 35.6 Å². The van der Waals surface area contributed by atoms with Crippen LogP contribution in [0.2, 0.25) is 0 Å². The van der Waals surface area contributed by atoms with Crippen LogP contribution in [0.4, 0.5) is 0 Å². The van der Waals surface area contributed by atoms with E-state index in [1.165, 1.54) is 22.3 Å². The number of rotatable bonds is 6. The molecule has 4 nitrogen and oxygen atoms in total. The van der Waals surface area contributed by atoms with E-state index in [0.717, 1.165) is 31.6 Å². The molecule has 2 rings (SSSR count). The summed E-state index contributed by atoms with van der Waals surface area (Å²) in [6.07, 6.45) is 2.78. The van der Waals surface area contributed by atoms with Crippen molar-refractivity contribution in [2.24, 2.45) is 11.8 Å². The maximum Gasteiger partial charge on any atom is 0.306 e. The van der Waals surface area contributed by atoms with Gasteiger partial charge in [-0.2, -0.15) is 0 Å². The number of hydrogen-bond donors (Lipinski definition) is 1. The van der Waals surface area contributed by atoms with Gasteiger partial charge in [0.15, 0.2) is 0 Å². The fraction of sp³-hybridized carbons (Fsp3) is 0.632. The summed E-state index contributed by atoms with van der Waals surface area (Å²) < 4.78 is 5.98. The highest BCUT2D eigenvalue weighted by atomic mass is 16.5. The molecular formula is C19H29NO3. The van der Waals surface area contributed by atoms with E-state index in [0.29, 0.717) is 6.61 Å². The molecule has 1 aliphatic rings. The van der Waals surface area contributed by atoms with Gasteiger partial charge in [-0.3, -0.25) is 4.79 Å². The summed E-state index contributed by atoms with van der Waals surface area (Å²) in [6.45, 7) is 7.63. The molecule has 0 aromatic heterocycles. The fourth-order valence-electron chi connectivity index (χ4n) is 3.44. The van der Waals surface area contributed by atoms with E-state index < -0.39 is 5.97 Å². The van der Waals surface area contributed by atoms with E-state index in [1.54, 1.807) is 0 Å². The van der Waals surface area contributed by atoms with Crippen LogP contribution in [0.25, 0.3) is 0 Å². The van der Waals surface area contributed by atoms with Crippen LogP contribution in [0.3, 0.4) is 0 Å². The number of likely N-dealkylation sites (N-methyl/N-ethyl adjacent to an activating group) is 1. The molecule has 2 atom stereocenters. The van der Waals surface area contributed by atoms with Crippen molar-refractivity contribution in [3.63, 3.8) is 0 Å². The van der Waals surface area contributed by atoms with Crippen molar-refractivity contribution < 1.29 is 14.6 Å². The largest absolute Gasteiger partial charge is 0.492 e. The molecule has 1 N–H and O–H groups in total. The van der Waals surface area contributed by atoms with Crippen LogP contribution in [0, 0.1) is 25.7 Å². The van der Waals surface area contributed by atoms with E-state index in [9.17, 15) is 9.90 Å². The van der Waals surface area contributed by atoms with Gasteiger partial charge < -0.3 is 14.7 Å². The number of nitrogens with zero attached hydrogens (tertiary/aromatic N) is 1. The van der Waals surface area contributed by atoms with Crippen molar-refractivity contribution >= 4 is 5.97 Å². The number of aryl methyl sites for hydroxylation is 1. The second kappa shape index (κ2) is 7.35. The molecule has 0 saturated heterocycles. The lowest BCUT2D eigenvalue weighted by Crippen LogP contribution is -2.27. The number of carboxylic acids is 1. The Morgan fingerprint density at radius 3 is 2.70 bits per heavy atom. The van der Waals surface area contributed by atoms with Crippen LogP contribution in [-0.2, 0) is 17.6 Å². The SMILES string of the molecule is Cc1cc(OCCN(C)C)c(C)c2c1CC[C@@H]([C@H](C)C(=O)O)C2. The predicted molar refractivity (Wildman–Crippen MR) is 92.3 cm³/mol. The molecule has 0 aliphatic heterocycles. The average molecular weight is 319 g/mol. The summed E-state index contributed by atoms with van der Waals surface area (Å²) in [5, 5.41) is 9.30. The Morgan fingerprint density at radius 2 is 2.09 bits per heavy atom. The maximum absolute atomic E-state index is 11.3. The summed E-state index contributed by atoms with van der Waals surface area (Å²) in [6, 6.07) is 2.14. The zero-order chi connectivity index (χ0) is 17.1. The maximum atomic E-state index is 11.3. The fourth-order valence-corrected chi connectivity index (χ4v) is 3.44. The van der Waals surface area contributed by atoms with E-state index in [2.05, 4.69) is 24.8 Å². The van der Waals surface area contributed by atoms with Crippen molar-refractivity contribution in [2.75, 3.05) is 27.2 Å². The molecule has 0 spiro atoms. The Labute approximate surface area is 139 Å². The predicted octanol–water partition coefficient (Wildman–Crippen LogP) is 3.07. The Morgan fingerprint density at radius 1 is 1.39 bits per heavy atom. The molecule has 0 unspecified atom stereocenters. The highest BCUT2D eigenvalue weighted by Crippen LogP contribution is 2.37. The third-order valence-corrected chi connectivity index (χ3v) is 5.13. The number of aliphatic carboxylic acids is 1. The lowest BCUT2D eigenvalue weighted by atomic mass is 9.75. The third-order valence-electron chi connectivity index (χ3n) is 5.13. The number of fused-ring (bicyclic) bond motifs is 1. The van der Waals surface area contributed by atoms with Gasteiger partial charge in [-0.25, -0.2) is 0 Å². The molecule has 128 valence electrons. The molecule has 0 amide bonds. The quantitative estimate of drug-likeness (QED) is 0.875. The van der Waals surface area contributed by atoms with Crippen LogP contribution in [0.5, 0.6) is 5.75 Å². The van der Waals surface area contributed by atoms with Gasteiger partial charge in [0, 0.05) is 6.54 Å². The molecular weight excluding hydrogens is 290 g/mol. The number of carboxylic acid groups (broad SMARTS) is 1. The highest BCUT2D eigenvalue weighted by Gasteiger charge is 2.30. The first-order valence-electron chi connectivity index (χ1n) is 8.43. The minimum Gasteiger partial charge on any atom is -0.492 e. The average Bonchev–Trinajstić information content (AvgIpc) is 2.50. The Kier molecular flexibility index (Phi) is 5.69. The monoisotopic (exact) mass is 319 g/mol. The van der Waals surface area contributed by atoms with Gasteiger partial charge in [-0.05, 0) is 81.4 Å². The molecule has 0 bridgehead atoms. The van der Waals surface area contributed by atoms with Crippen LogP contribution >= 0.6 is 0 Å². The molecule has 0 saturated carbocycles. The van der Waals surface area contributed by atoms with Crippen LogP contribution < -0.4 is 4.74 Å². The summed E-state index contributed by atoms with van der Waals surface area (Å²) in [5.74, 6) is 0.189. The van der Waals surface area contributed by atoms with Gasteiger partial charge in [-0.1, -0.05) is 6.92 Å². The summed E-state index contributed by atoms with van der Waals surface area (Å²) in [5.41, 5.74) is 5.17. The number of carbonyl (C=O) groups is 1. The zero-order valence-electron chi connectivity index (χ0n) is 15.0. The standard InChI is InChI=1S/C19H29NO3/c1-12-10-18(23-9-8-20(4)5)14(3)17-11-15(6-7-16(12)17)13(2)19(21)22/h10,13,15H,6-9,11H2,1-5H3,(H,21,22)/t13-,15+/m0/s1. The minimum atomic E-state index is -0.689. The molecule has 1 aromatic rings. The highest BCUT2D eigenvalue weighted by molar-refractivity contribution is 5.70. The van der Waals surface area contributed by atoms with Gasteiger partial charge in [0.1, 0.15) is 12.4 Å². The second-order valence-electron chi connectivity index (χ2n) is 7.06. The van der Waals surface area contributed by atoms with E-state index in [4.69, 9.17) is 4.74 Å². The Bertz CT molecular complexity index is 580. The number of benzene rings is 1. The molecule has 0 heterocycles. The Balaban J connectivity index is 2.23. The molecule has 1 aromatic carbocycles. The van der Waals surface area contributed by atoms with Crippen LogP contribution in [0.15, 0.2) is 6.07 Å². The number of ether oxygens (including phenoxy) is 1. The van der Waals surface area contributed by atoms with Crippen molar-refractivity contribution in [1.29, 1.82) is 0 Å². The molecule has 23 heavy (non-hydrogen) atoms. The third kappa shape index (κ3) is 4.05. The van der Waals surface area contributed by atoms with Crippen molar-refractivity contribution in [3.05, 3.63) is 28.3 Å². The first-order valence-corrected chi connectivity index (χ1v) is 8.43. The smallest absolute Gasteiger partial charge is 0.306 e. The lowest BCUT2D eigenvalue weighted by Gasteiger charge is -2.30. The van der Waals surface area contributed by atoms with Gasteiger partial charge >= 0.3 is 5.97 Å². The normalized spacial score (nSPS) is 18.6. The van der Waals surface area contributed by atoms with Crippen molar-refractivity contribution in [2.45, 2.75) is 40.0 Å². The van der Waals surface area contributed by atoms with Gasteiger partial charge in [0.25, 0.3) is 0 Å². The van der Waals surface area contributed by atoms with Gasteiger partial charge in [0.2, 0.25) is 0 Å². The van der Waals surface area contributed by atoms with E-state index in [1.807, 2.05) is 21.0 Å². The molecule has 4 heteroatoms. The first-order chi connectivity index (χ1) is 10.8. The molecule has 0 fully saturated rings. The zero-order valence-corrected chi connectivity index (χ0v) is 15.0. The molecule has 0 radical (unpaired) electrons. The second-order valence-corrected chi connectivity index (χ2v) is 7.06. The summed E-state index contributed by atoms with van der Waals surface area (Å²) >= 11 is 0.